The molecule has 0 aliphatic carbocycles. The second kappa shape index (κ2) is 7.27. The largest absolute Gasteiger partial charge is 0.354 e. The molecule has 5 nitrogen and oxygen atoms in total. The van der Waals surface area contributed by atoms with Gasteiger partial charge < -0.3 is 5.32 Å². The van der Waals surface area contributed by atoms with Crippen LogP contribution in [0.1, 0.15) is 36.7 Å². The van der Waals surface area contributed by atoms with Crippen LogP contribution in [0.25, 0.3) is 0 Å². The smallest absolute Gasteiger partial charge is 0.244 e. The molecule has 6 heteroatoms. The van der Waals surface area contributed by atoms with Crippen LogP contribution in [0.4, 0.5) is 0 Å². The van der Waals surface area contributed by atoms with Gasteiger partial charge >= 0.3 is 0 Å². The van der Waals surface area contributed by atoms with Crippen LogP contribution < -0.4 is 5.32 Å². The minimum absolute atomic E-state index is 0.0341. The van der Waals surface area contributed by atoms with Crippen molar-refractivity contribution in [2.75, 3.05) is 20.1 Å². The number of thiophene rings is 1. The molecule has 1 amide bonds. The Balaban J connectivity index is 1.62. The Morgan fingerprint density at radius 2 is 2.39 bits per heavy atom. The highest BCUT2D eigenvalue weighted by Crippen LogP contribution is 2.36. The third kappa shape index (κ3) is 3.64. The summed E-state index contributed by atoms with van der Waals surface area (Å²) in [7, 11) is 2.19. The number of carbonyl (C=O) groups excluding carboxylic acids is 1. The molecule has 0 spiro atoms. The second-order valence-electron chi connectivity index (χ2n) is 6.25. The van der Waals surface area contributed by atoms with Gasteiger partial charge in [0.2, 0.25) is 5.91 Å². The summed E-state index contributed by atoms with van der Waals surface area (Å²) in [5.74, 6) is 0.494. The second-order valence-corrected chi connectivity index (χ2v) is 7.23. The van der Waals surface area contributed by atoms with Gasteiger partial charge in [-0.15, -0.1) is 11.3 Å². The summed E-state index contributed by atoms with van der Waals surface area (Å²) in [5.41, 5.74) is 0. The van der Waals surface area contributed by atoms with Crippen LogP contribution >= 0.6 is 11.3 Å². The van der Waals surface area contributed by atoms with E-state index >= 15 is 0 Å². The highest BCUT2D eigenvalue weighted by molar-refractivity contribution is 7.10. The number of hydrogen-bond acceptors (Lipinski definition) is 4. The molecule has 3 rings (SSSR count). The molecule has 0 aromatic carbocycles. The maximum atomic E-state index is 12.4. The Morgan fingerprint density at radius 1 is 1.52 bits per heavy atom. The number of piperidine rings is 1. The Kier molecular flexibility index (Phi) is 5.13. The Bertz CT molecular complexity index is 611. The fourth-order valence-corrected chi connectivity index (χ4v) is 4.37. The normalized spacial score (nSPS) is 23.6. The molecule has 1 saturated heterocycles. The number of carbonyl (C=O) groups is 1. The average Bonchev–Trinajstić information content (AvgIpc) is 3.25. The van der Waals surface area contributed by atoms with E-state index in [0.29, 0.717) is 12.0 Å². The lowest BCUT2D eigenvalue weighted by molar-refractivity contribution is -0.124. The van der Waals surface area contributed by atoms with Gasteiger partial charge in [-0.25, -0.2) is 0 Å². The van der Waals surface area contributed by atoms with Gasteiger partial charge in [-0.1, -0.05) is 6.07 Å². The third-order valence-corrected chi connectivity index (χ3v) is 5.62. The zero-order chi connectivity index (χ0) is 16.2. The molecular formula is C17H24N4OS. The number of hydrogen-bond donors (Lipinski definition) is 1. The topological polar surface area (TPSA) is 50.2 Å². The predicted octanol–water partition coefficient (Wildman–Crippen LogP) is 2.70. The first-order valence-corrected chi connectivity index (χ1v) is 9.05. The summed E-state index contributed by atoms with van der Waals surface area (Å²) in [6.07, 6.45) is 5.87. The fraction of sp³-hybridized carbons (Fsp3) is 0.529. The Labute approximate surface area is 141 Å². The molecule has 2 aromatic rings. The van der Waals surface area contributed by atoms with Crippen molar-refractivity contribution in [1.82, 2.24) is 20.0 Å². The van der Waals surface area contributed by atoms with E-state index in [4.69, 9.17) is 0 Å². The summed E-state index contributed by atoms with van der Waals surface area (Å²) >= 11 is 1.81. The van der Waals surface area contributed by atoms with Crippen molar-refractivity contribution in [1.29, 1.82) is 0 Å². The van der Waals surface area contributed by atoms with Crippen molar-refractivity contribution in [2.45, 2.75) is 31.8 Å². The predicted molar refractivity (Wildman–Crippen MR) is 92.4 cm³/mol. The minimum Gasteiger partial charge on any atom is -0.354 e. The van der Waals surface area contributed by atoms with Gasteiger partial charge in [-0.2, -0.15) is 5.10 Å². The molecule has 1 N–H and O–H groups in total. The van der Waals surface area contributed by atoms with Crippen molar-refractivity contribution >= 4 is 17.2 Å². The zero-order valence-corrected chi connectivity index (χ0v) is 14.5. The number of amides is 1. The molecule has 23 heavy (non-hydrogen) atoms. The van der Waals surface area contributed by atoms with E-state index in [9.17, 15) is 4.79 Å². The lowest BCUT2D eigenvalue weighted by Crippen LogP contribution is -2.42. The van der Waals surface area contributed by atoms with E-state index in [-0.39, 0.29) is 11.9 Å². The van der Waals surface area contributed by atoms with Crippen LogP contribution in [0.2, 0.25) is 0 Å². The molecule has 3 atom stereocenters. The molecule has 2 aromatic heterocycles. The first kappa shape index (κ1) is 16.2. The summed E-state index contributed by atoms with van der Waals surface area (Å²) in [4.78, 5) is 16.2. The Morgan fingerprint density at radius 3 is 3.09 bits per heavy atom. The maximum absolute atomic E-state index is 12.4. The standard InChI is InChI=1S/C17H24N4OS/c1-13(21-10-5-8-19-21)17(22)18-12-14-6-3-9-20(2)16(14)15-7-4-11-23-15/h4-5,7-8,10-11,13-14,16H,3,6,9,12H2,1-2H3,(H,18,22)/t13-,14+,16-/m1/s1. The van der Waals surface area contributed by atoms with Crippen LogP contribution in [0.15, 0.2) is 36.0 Å². The SMILES string of the molecule is C[C@H](C(=O)NC[C@@H]1CCCN(C)[C@H]1c1cccs1)n1cccn1. The number of nitrogens with one attached hydrogen (secondary N) is 1. The van der Waals surface area contributed by atoms with Gasteiger partial charge in [0.1, 0.15) is 6.04 Å². The summed E-state index contributed by atoms with van der Waals surface area (Å²) in [6.45, 7) is 3.72. The number of nitrogens with zero attached hydrogens (tertiary/aromatic N) is 3. The molecule has 0 unspecified atom stereocenters. The van der Waals surface area contributed by atoms with Gasteiger partial charge in [0.25, 0.3) is 0 Å². The van der Waals surface area contributed by atoms with Gasteiger partial charge in [-0.3, -0.25) is 14.4 Å². The summed E-state index contributed by atoms with van der Waals surface area (Å²) < 4.78 is 1.69. The van der Waals surface area contributed by atoms with Crippen LogP contribution in [0, 0.1) is 5.92 Å². The fourth-order valence-electron chi connectivity index (χ4n) is 3.39. The lowest BCUT2D eigenvalue weighted by atomic mass is 9.88. The summed E-state index contributed by atoms with van der Waals surface area (Å²) in [6, 6.07) is 6.29. The van der Waals surface area contributed by atoms with Crippen LogP contribution in [0.3, 0.4) is 0 Å². The van der Waals surface area contributed by atoms with Gasteiger partial charge in [0.05, 0.1) is 0 Å². The van der Waals surface area contributed by atoms with Crippen LogP contribution in [-0.4, -0.2) is 40.7 Å². The molecule has 0 bridgehead atoms. The van der Waals surface area contributed by atoms with Crippen molar-refractivity contribution in [3.05, 3.63) is 40.8 Å². The molecule has 1 aliphatic heterocycles. The van der Waals surface area contributed by atoms with Gasteiger partial charge in [0, 0.05) is 29.9 Å². The molecule has 1 aliphatic rings. The first-order valence-electron chi connectivity index (χ1n) is 8.17. The maximum Gasteiger partial charge on any atom is 0.244 e. The third-order valence-electron chi connectivity index (χ3n) is 4.68. The van der Waals surface area contributed by atoms with Crippen molar-refractivity contribution < 1.29 is 4.79 Å². The van der Waals surface area contributed by atoms with E-state index < -0.39 is 0 Å². The quantitative estimate of drug-likeness (QED) is 0.916. The number of likely N-dealkylation sites (tertiary alicyclic amines) is 1. The van der Waals surface area contributed by atoms with Crippen molar-refractivity contribution in [3.63, 3.8) is 0 Å². The summed E-state index contributed by atoms with van der Waals surface area (Å²) in [5, 5.41) is 9.41. The molecule has 124 valence electrons. The van der Waals surface area contributed by atoms with Crippen molar-refractivity contribution in [3.8, 4) is 0 Å². The van der Waals surface area contributed by atoms with E-state index in [1.165, 1.54) is 11.3 Å². The number of rotatable bonds is 5. The molecule has 0 saturated carbocycles. The van der Waals surface area contributed by atoms with E-state index in [0.717, 1.165) is 19.5 Å². The zero-order valence-electron chi connectivity index (χ0n) is 13.7. The monoisotopic (exact) mass is 332 g/mol. The molecular weight excluding hydrogens is 308 g/mol. The molecule has 0 radical (unpaired) electrons. The molecule has 1 fully saturated rings. The first-order chi connectivity index (χ1) is 11.2. The van der Waals surface area contributed by atoms with Gasteiger partial charge in [0.15, 0.2) is 0 Å². The number of aromatic nitrogens is 2. The van der Waals surface area contributed by atoms with E-state index in [1.807, 2.05) is 30.5 Å². The lowest BCUT2D eigenvalue weighted by Gasteiger charge is -2.39. The highest BCUT2D eigenvalue weighted by Gasteiger charge is 2.31. The van der Waals surface area contributed by atoms with Crippen LogP contribution in [0.5, 0.6) is 0 Å². The van der Waals surface area contributed by atoms with Gasteiger partial charge in [-0.05, 0) is 56.8 Å². The minimum atomic E-state index is -0.272. The average molecular weight is 332 g/mol. The van der Waals surface area contributed by atoms with Crippen molar-refractivity contribution in [2.24, 2.45) is 5.92 Å². The highest BCUT2D eigenvalue weighted by atomic mass is 32.1. The van der Waals surface area contributed by atoms with E-state index in [2.05, 4.69) is 39.9 Å². The van der Waals surface area contributed by atoms with Crippen LogP contribution in [-0.2, 0) is 4.79 Å². The Hall–Kier alpha value is -1.66. The molecule has 3 heterocycles. The van der Waals surface area contributed by atoms with E-state index in [1.54, 1.807) is 10.9 Å².